The molecule has 0 fully saturated rings. The summed E-state index contributed by atoms with van der Waals surface area (Å²) in [5.74, 6) is 0. The first-order valence-electron chi connectivity index (χ1n) is 5.69. The molecule has 1 aromatic rings. The van der Waals surface area contributed by atoms with Crippen molar-refractivity contribution in [3.8, 4) is 0 Å². The normalized spacial score (nSPS) is 15.2. The lowest BCUT2D eigenvalue weighted by atomic mass is 9.88. The molecule has 0 aliphatic heterocycles. The molecule has 102 valence electrons. The Balaban J connectivity index is 2.65. The Kier molecular flexibility index (Phi) is 4.56. The minimum Gasteiger partial charge on any atom is -0.396 e. The van der Waals surface area contributed by atoms with E-state index in [0.717, 1.165) is 18.7 Å². The van der Waals surface area contributed by atoms with Crippen LogP contribution in [-0.2, 0) is 6.18 Å². The quantitative estimate of drug-likeness (QED) is 0.857. The maximum Gasteiger partial charge on any atom is 0.433 e. The lowest BCUT2D eigenvalue weighted by molar-refractivity contribution is -0.141. The highest BCUT2D eigenvalue weighted by Crippen LogP contribution is 2.28. The molecule has 0 aliphatic rings. The van der Waals surface area contributed by atoms with Gasteiger partial charge in [0.15, 0.2) is 0 Å². The van der Waals surface area contributed by atoms with Crippen molar-refractivity contribution < 1.29 is 18.3 Å². The second-order valence-corrected chi connectivity index (χ2v) is 4.61. The average Bonchev–Trinajstić information content (AvgIpc) is 2.35. The predicted octanol–water partition coefficient (Wildman–Crippen LogP) is 2.92. The SMILES string of the molecule is CCC(C)(CO)CNc1ccc(C(F)(F)F)nc1. The molecular formula is C12H17F3N2O. The van der Waals surface area contributed by atoms with Gasteiger partial charge in [0, 0.05) is 12.0 Å². The number of nitrogens with one attached hydrogen (secondary N) is 1. The zero-order chi connectivity index (χ0) is 13.8. The number of rotatable bonds is 5. The number of hydrogen-bond acceptors (Lipinski definition) is 3. The number of anilines is 1. The number of aromatic nitrogens is 1. The molecule has 6 heteroatoms. The summed E-state index contributed by atoms with van der Waals surface area (Å²) in [4.78, 5) is 3.35. The summed E-state index contributed by atoms with van der Waals surface area (Å²) in [7, 11) is 0. The minimum atomic E-state index is -4.42. The summed E-state index contributed by atoms with van der Waals surface area (Å²) >= 11 is 0. The molecule has 0 saturated heterocycles. The summed E-state index contributed by atoms with van der Waals surface area (Å²) in [5, 5.41) is 12.2. The molecule has 18 heavy (non-hydrogen) atoms. The van der Waals surface area contributed by atoms with Crippen LogP contribution in [0.5, 0.6) is 0 Å². The van der Waals surface area contributed by atoms with E-state index in [1.165, 1.54) is 6.07 Å². The van der Waals surface area contributed by atoms with Gasteiger partial charge in [0.25, 0.3) is 0 Å². The molecular weight excluding hydrogens is 245 g/mol. The molecule has 0 saturated carbocycles. The second-order valence-electron chi connectivity index (χ2n) is 4.61. The van der Waals surface area contributed by atoms with Crippen LogP contribution in [-0.4, -0.2) is 23.2 Å². The van der Waals surface area contributed by atoms with Gasteiger partial charge in [0.1, 0.15) is 5.69 Å². The number of pyridine rings is 1. The van der Waals surface area contributed by atoms with E-state index in [1.54, 1.807) is 0 Å². The van der Waals surface area contributed by atoms with Crippen LogP contribution in [0.2, 0.25) is 0 Å². The van der Waals surface area contributed by atoms with Gasteiger partial charge in [0.2, 0.25) is 0 Å². The van der Waals surface area contributed by atoms with Gasteiger partial charge >= 0.3 is 6.18 Å². The molecule has 0 radical (unpaired) electrons. The van der Waals surface area contributed by atoms with Crippen LogP contribution in [0, 0.1) is 5.41 Å². The number of halogens is 3. The molecule has 1 rings (SSSR count). The van der Waals surface area contributed by atoms with Crippen LogP contribution in [0.4, 0.5) is 18.9 Å². The van der Waals surface area contributed by atoms with Gasteiger partial charge in [-0.15, -0.1) is 0 Å². The van der Waals surface area contributed by atoms with Gasteiger partial charge in [-0.05, 0) is 18.6 Å². The van der Waals surface area contributed by atoms with Gasteiger partial charge in [-0.1, -0.05) is 13.8 Å². The first-order valence-corrected chi connectivity index (χ1v) is 5.69. The Hall–Kier alpha value is -1.30. The first-order chi connectivity index (χ1) is 8.30. The van der Waals surface area contributed by atoms with Crippen LogP contribution < -0.4 is 5.32 Å². The fourth-order valence-electron chi connectivity index (χ4n) is 1.27. The number of hydrogen-bond donors (Lipinski definition) is 2. The fourth-order valence-corrected chi connectivity index (χ4v) is 1.27. The monoisotopic (exact) mass is 262 g/mol. The minimum absolute atomic E-state index is 0.0184. The van der Waals surface area contributed by atoms with E-state index < -0.39 is 11.9 Å². The number of aliphatic hydroxyl groups excluding tert-OH is 1. The molecule has 3 nitrogen and oxygen atoms in total. The van der Waals surface area contributed by atoms with Crippen molar-refractivity contribution in [2.75, 3.05) is 18.5 Å². The zero-order valence-electron chi connectivity index (χ0n) is 10.4. The Labute approximate surface area is 104 Å². The van der Waals surface area contributed by atoms with Crippen molar-refractivity contribution in [3.05, 3.63) is 24.0 Å². The molecule has 1 atom stereocenters. The lowest BCUT2D eigenvalue weighted by Crippen LogP contribution is -2.29. The standard InChI is InChI=1S/C12H17F3N2O/c1-3-11(2,8-18)7-17-9-4-5-10(16-6-9)12(13,14)15/h4-6,17-18H,3,7-8H2,1-2H3. The first kappa shape index (κ1) is 14.8. The molecule has 0 bridgehead atoms. The molecule has 2 N–H and O–H groups in total. The van der Waals surface area contributed by atoms with Crippen LogP contribution in [0.15, 0.2) is 18.3 Å². The fraction of sp³-hybridized carbons (Fsp3) is 0.583. The van der Waals surface area contributed by atoms with Gasteiger partial charge in [-0.25, -0.2) is 4.98 Å². The maximum absolute atomic E-state index is 12.3. The molecule has 0 aliphatic carbocycles. The van der Waals surface area contributed by atoms with Crippen LogP contribution in [0.1, 0.15) is 26.0 Å². The van der Waals surface area contributed by atoms with Crippen LogP contribution >= 0.6 is 0 Å². The largest absolute Gasteiger partial charge is 0.433 e. The second kappa shape index (κ2) is 5.56. The lowest BCUT2D eigenvalue weighted by Gasteiger charge is -2.26. The highest BCUT2D eigenvalue weighted by molar-refractivity contribution is 5.41. The summed E-state index contributed by atoms with van der Waals surface area (Å²) in [6.07, 6.45) is -2.50. The number of nitrogens with zero attached hydrogens (tertiary/aromatic N) is 1. The third-order valence-electron chi connectivity index (χ3n) is 3.01. The molecule has 1 heterocycles. The average molecular weight is 262 g/mol. The Morgan fingerprint density at radius 2 is 2.00 bits per heavy atom. The van der Waals surface area contributed by atoms with Crippen molar-refractivity contribution in [1.29, 1.82) is 0 Å². The third-order valence-corrected chi connectivity index (χ3v) is 3.01. The van der Waals surface area contributed by atoms with E-state index in [1.807, 2.05) is 13.8 Å². The third kappa shape index (κ3) is 3.87. The van der Waals surface area contributed by atoms with Crippen molar-refractivity contribution >= 4 is 5.69 Å². The van der Waals surface area contributed by atoms with Gasteiger partial charge in [-0.2, -0.15) is 13.2 Å². The smallest absolute Gasteiger partial charge is 0.396 e. The molecule has 0 amide bonds. The van der Waals surface area contributed by atoms with E-state index in [-0.39, 0.29) is 12.0 Å². The maximum atomic E-state index is 12.3. The van der Waals surface area contributed by atoms with E-state index in [4.69, 9.17) is 0 Å². The van der Waals surface area contributed by atoms with Crippen molar-refractivity contribution in [3.63, 3.8) is 0 Å². The topological polar surface area (TPSA) is 45.1 Å². The van der Waals surface area contributed by atoms with E-state index in [2.05, 4.69) is 10.3 Å². The van der Waals surface area contributed by atoms with Crippen molar-refractivity contribution in [2.45, 2.75) is 26.4 Å². The van der Waals surface area contributed by atoms with Crippen molar-refractivity contribution in [1.82, 2.24) is 4.98 Å². The van der Waals surface area contributed by atoms with Gasteiger partial charge in [-0.3, -0.25) is 0 Å². The van der Waals surface area contributed by atoms with E-state index in [9.17, 15) is 18.3 Å². The zero-order valence-corrected chi connectivity index (χ0v) is 10.4. The summed E-state index contributed by atoms with van der Waals surface area (Å²) in [6, 6.07) is 2.27. The van der Waals surface area contributed by atoms with Gasteiger partial charge in [0.05, 0.1) is 18.5 Å². The van der Waals surface area contributed by atoms with E-state index >= 15 is 0 Å². The Morgan fingerprint density at radius 1 is 1.33 bits per heavy atom. The highest BCUT2D eigenvalue weighted by atomic mass is 19.4. The molecule has 1 aromatic heterocycles. The number of alkyl halides is 3. The van der Waals surface area contributed by atoms with Gasteiger partial charge < -0.3 is 10.4 Å². The summed E-state index contributed by atoms with van der Waals surface area (Å²) < 4.78 is 36.9. The molecule has 0 aromatic carbocycles. The van der Waals surface area contributed by atoms with Crippen LogP contribution in [0.3, 0.4) is 0 Å². The number of aliphatic hydroxyl groups is 1. The molecule has 1 unspecified atom stereocenters. The van der Waals surface area contributed by atoms with Crippen molar-refractivity contribution in [2.24, 2.45) is 5.41 Å². The van der Waals surface area contributed by atoms with E-state index in [0.29, 0.717) is 12.2 Å². The van der Waals surface area contributed by atoms with Crippen LogP contribution in [0.25, 0.3) is 0 Å². The Morgan fingerprint density at radius 3 is 2.39 bits per heavy atom. The predicted molar refractivity (Wildman–Crippen MR) is 63.2 cm³/mol. The highest BCUT2D eigenvalue weighted by Gasteiger charge is 2.32. The Bertz CT molecular complexity index is 372. The summed E-state index contributed by atoms with van der Waals surface area (Å²) in [6.45, 7) is 4.35. The summed E-state index contributed by atoms with van der Waals surface area (Å²) in [5.41, 5.74) is -0.688. The molecule has 0 spiro atoms.